The molecule has 0 fully saturated rings. The first-order valence-corrected chi connectivity index (χ1v) is 6.14. The number of esters is 1. The van der Waals surface area contributed by atoms with Gasteiger partial charge in [-0.1, -0.05) is 32.4 Å². The molecule has 1 rings (SSSR count). The number of methoxy groups -OCH3 is 1. The van der Waals surface area contributed by atoms with E-state index < -0.39 is 0 Å². The van der Waals surface area contributed by atoms with Crippen molar-refractivity contribution in [3.05, 3.63) is 35.9 Å². The van der Waals surface area contributed by atoms with E-state index in [9.17, 15) is 4.79 Å². The van der Waals surface area contributed by atoms with Gasteiger partial charge in [-0.15, -0.1) is 0 Å². The Balaban J connectivity index is 2.45. The lowest BCUT2D eigenvalue weighted by molar-refractivity contribution is -0.138. The van der Waals surface area contributed by atoms with Gasteiger partial charge in [-0.2, -0.15) is 0 Å². The van der Waals surface area contributed by atoms with Crippen LogP contribution in [0, 0.1) is 5.92 Å². The van der Waals surface area contributed by atoms with Crippen LogP contribution in [0.25, 0.3) is 6.08 Å². The van der Waals surface area contributed by atoms with Crippen molar-refractivity contribution >= 4 is 12.0 Å². The third-order valence-electron chi connectivity index (χ3n) is 2.73. The maximum absolute atomic E-state index is 11.4. The highest BCUT2D eigenvalue weighted by molar-refractivity contribution is 5.87. The highest BCUT2D eigenvalue weighted by Gasteiger charge is 2.02. The van der Waals surface area contributed by atoms with Gasteiger partial charge in [-0.05, 0) is 29.7 Å². The Kier molecular flexibility index (Phi) is 5.98. The molecule has 0 aromatic heterocycles. The van der Waals surface area contributed by atoms with E-state index in [0.29, 0.717) is 12.5 Å². The van der Waals surface area contributed by atoms with E-state index in [0.717, 1.165) is 17.7 Å². The van der Waals surface area contributed by atoms with E-state index in [1.807, 2.05) is 24.3 Å². The van der Waals surface area contributed by atoms with Gasteiger partial charge in [0.15, 0.2) is 0 Å². The topological polar surface area (TPSA) is 35.5 Å². The molecule has 3 nitrogen and oxygen atoms in total. The van der Waals surface area contributed by atoms with Crippen LogP contribution in [-0.4, -0.2) is 19.7 Å². The number of hydrogen-bond donors (Lipinski definition) is 0. The second-order valence-corrected chi connectivity index (χ2v) is 4.25. The van der Waals surface area contributed by atoms with Crippen LogP contribution >= 0.6 is 0 Å². The molecule has 0 aliphatic heterocycles. The van der Waals surface area contributed by atoms with Crippen molar-refractivity contribution in [3.63, 3.8) is 0 Å². The Morgan fingerprint density at radius 2 is 2.00 bits per heavy atom. The zero-order chi connectivity index (χ0) is 13.4. The van der Waals surface area contributed by atoms with Crippen molar-refractivity contribution in [2.75, 3.05) is 13.7 Å². The summed E-state index contributed by atoms with van der Waals surface area (Å²) in [5.74, 6) is 0.904. The molecule has 0 spiro atoms. The number of rotatable bonds is 6. The molecule has 18 heavy (non-hydrogen) atoms. The summed E-state index contributed by atoms with van der Waals surface area (Å²) < 4.78 is 10.2. The van der Waals surface area contributed by atoms with Gasteiger partial charge in [0, 0.05) is 6.08 Å². The zero-order valence-corrected chi connectivity index (χ0v) is 11.2. The summed E-state index contributed by atoms with van der Waals surface area (Å²) in [6, 6.07) is 7.48. The van der Waals surface area contributed by atoms with Gasteiger partial charge >= 0.3 is 5.97 Å². The van der Waals surface area contributed by atoms with Crippen molar-refractivity contribution in [3.8, 4) is 5.75 Å². The summed E-state index contributed by atoms with van der Waals surface area (Å²) in [5.41, 5.74) is 0.941. The average molecular weight is 248 g/mol. The van der Waals surface area contributed by atoms with E-state index in [1.54, 1.807) is 13.2 Å². The lowest BCUT2D eigenvalue weighted by Crippen LogP contribution is -2.08. The molecule has 0 radical (unpaired) electrons. The molecule has 0 heterocycles. The maximum atomic E-state index is 11.4. The van der Waals surface area contributed by atoms with E-state index in [-0.39, 0.29) is 5.97 Å². The Bertz CT molecular complexity index is 393. The molecule has 0 amide bonds. The van der Waals surface area contributed by atoms with Gasteiger partial charge in [0.2, 0.25) is 0 Å². The SMILES string of the molecule is CCC(C)COC(=O)/C=C/c1ccc(OC)cc1. The van der Waals surface area contributed by atoms with Gasteiger partial charge in [0.25, 0.3) is 0 Å². The summed E-state index contributed by atoms with van der Waals surface area (Å²) in [6.07, 6.45) is 4.19. The predicted molar refractivity (Wildman–Crippen MR) is 72.4 cm³/mol. The van der Waals surface area contributed by atoms with Crippen LogP contribution in [0.2, 0.25) is 0 Å². The quantitative estimate of drug-likeness (QED) is 0.572. The fraction of sp³-hybridized carbons (Fsp3) is 0.400. The normalized spacial score (nSPS) is 12.4. The third-order valence-corrected chi connectivity index (χ3v) is 2.73. The number of carbonyl (C=O) groups is 1. The second-order valence-electron chi connectivity index (χ2n) is 4.25. The highest BCUT2D eigenvalue weighted by atomic mass is 16.5. The van der Waals surface area contributed by atoms with Crippen LogP contribution in [0.4, 0.5) is 0 Å². The fourth-order valence-electron chi connectivity index (χ4n) is 1.27. The average Bonchev–Trinajstić information content (AvgIpc) is 2.42. The maximum Gasteiger partial charge on any atom is 0.330 e. The largest absolute Gasteiger partial charge is 0.497 e. The summed E-state index contributed by atoms with van der Waals surface area (Å²) in [6.45, 7) is 4.61. The molecule has 98 valence electrons. The van der Waals surface area contributed by atoms with Crippen LogP contribution in [0.1, 0.15) is 25.8 Å². The molecule has 0 N–H and O–H groups in total. The number of hydrogen-bond acceptors (Lipinski definition) is 3. The minimum Gasteiger partial charge on any atom is -0.497 e. The van der Waals surface area contributed by atoms with Gasteiger partial charge in [-0.3, -0.25) is 0 Å². The Labute approximate surface area is 108 Å². The smallest absolute Gasteiger partial charge is 0.330 e. The predicted octanol–water partition coefficient (Wildman–Crippen LogP) is 3.30. The van der Waals surface area contributed by atoms with Gasteiger partial charge < -0.3 is 9.47 Å². The van der Waals surface area contributed by atoms with Crippen molar-refractivity contribution in [2.24, 2.45) is 5.92 Å². The lowest BCUT2D eigenvalue weighted by Gasteiger charge is -2.07. The number of carbonyl (C=O) groups excluding carboxylic acids is 1. The van der Waals surface area contributed by atoms with Gasteiger partial charge in [0.05, 0.1) is 13.7 Å². The van der Waals surface area contributed by atoms with E-state index >= 15 is 0 Å². The first-order valence-electron chi connectivity index (χ1n) is 6.14. The van der Waals surface area contributed by atoms with Crippen molar-refractivity contribution in [2.45, 2.75) is 20.3 Å². The zero-order valence-electron chi connectivity index (χ0n) is 11.2. The van der Waals surface area contributed by atoms with Crippen molar-refractivity contribution in [1.29, 1.82) is 0 Å². The molecule has 0 saturated heterocycles. The number of ether oxygens (including phenoxy) is 2. The van der Waals surface area contributed by atoms with E-state index in [1.165, 1.54) is 6.08 Å². The van der Waals surface area contributed by atoms with Crippen LogP contribution < -0.4 is 4.74 Å². The fourth-order valence-corrected chi connectivity index (χ4v) is 1.27. The molecule has 1 unspecified atom stereocenters. The summed E-state index contributed by atoms with van der Waals surface area (Å²) >= 11 is 0. The molecule has 3 heteroatoms. The van der Waals surface area contributed by atoms with Gasteiger partial charge in [0.1, 0.15) is 5.75 Å². The first kappa shape index (κ1) is 14.3. The molecule has 1 aromatic rings. The number of benzene rings is 1. The molecular formula is C15H20O3. The monoisotopic (exact) mass is 248 g/mol. The standard InChI is InChI=1S/C15H20O3/c1-4-12(2)11-18-15(16)10-7-13-5-8-14(17-3)9-6-13/h5-10,12H,4,11H2,1-3H3/b10-7+. The molecule has 0 aliphatic carbocycles. The van der Waals surface area contributed by atoms with Crippen LogP contribution in [-0.2, 0) is 9.53 Å². The molecular weight excluding hydrogens is 228 g/mol. The Morgan fingerprint density at radius 3 is 2.56 bits per heavy atom. The van der Waals surface area contributed by atoms with Crippen LogP contribution in [0.5, 0.6) is 5.75 Å². The Hall–Kier alpha value is -1.77. The first-order chi connectivity index (χ1) is 8.65. The van der Waals surface area contributed by atoms with Crippen molar-refractivity contribution < 1.29 is 14.3 Å². The summed E-state index contributed by atoms with van der Waals surface area (Å²) in [5, 5.41) is 0. The van der Waals surface area contributed by atoms with Gasteiger partial charge in [-0.25, -0.2) is 4.79 Å². The van der Waals surface area contributed by atoms with Crippen molar-refractivity contribution in [1.82, 2.24) is 0 Å². The van der Waals surface area contributed by atoms with E-state index in [4.69, 9.17) is 9.47 Å². The van der Waals surface area contributed by atoms with Crippen LogP contribution in [0.15, 0.2) is 30.3 Å². The molecule has 1 atom stereocenters. The van der Waals surface area contributed by atoms with E-state index in [2.05, 4.69) is 13.8 Å². The summed E-state index contributed by atoms with van der Waals surface area (Å²) in [4.78, 5) is 11.4. The molecule has 0 aliphatic rings. The minimum absolute atomic E-state index is 0.300. The Morgan fingerprint density at radius 1 is 1.33 bits per heavy atom. The minimum atomic E-state index is -0.300. The summed E-state index contributed by atoms with van der Waals surface area (Å²) in [7, 11) is 1.62. The second kappa shape index (κ2) is 7.54. The lowest BCUT2D eigenvalue weighted by atomic mass is 10.1. The molecule has 0 saturated carbocycles. The molecule has 1 aromatic carbocycles. The highest BCUT2D eigenvalue weighted by Crippen LogP contribution is 2.12. The molecule has 0 bridgehead atoms. The van der Waals surface area contributed by atoms with Crippen LogP contribution in [0.3, 0.4) is 0 Å². The third kappa shape index (κ3) is 5.04.